The quantitative estimate of drug-likeness (QED) is 0.652. The number of aromatic nitrogens is 4. The average Bonchev–Trinajstić information content (AvgIpc) is 3.25. The maximum absolute atomic E-state index is 12.9. The summed E-state index contributed by atoms with van der Waals surface area (Å²) >= 11 is 1.56. The second kappa shape index (κ2) is 9.17. The van der Waals surface area contributed by atoms with Crippen LogP contribution in [0, 0.1) is 12.8 Å². The lowest BCUT2D eigenvalue weighted by Crippen LogP contribution is -2.50. The van der Waals surface area contributed by atoms with Crippen molar-refractivity contribution >= 4 is 34.0 Å². The smallest absolute Gasteiger partial charge is 0.228 e. The van der Waals surface area contributed by atoms with Crippen LogP contribution in [-0.2, 0) is 4.79 Å². The number of rotatable bonds is 4. The molecule has 0 unspecified atom stereocenters. The highest BCUT2D eigenvalue weighted by molar-refractivity contribution is 7.14. The predicted molar refractivity (Wildman–Crippen MR) is 127 cm³/mol. The van der Waals surface area contributed by atoms with E-state index in [1.807, 2.05) is 31.2 Å². The molecular weight excluding hydrogens is 422 g/mol. The molecule has 1 amide bonds. The van der Waals surface area contributed by atoms with Gasteiger partial charge in [-0.15, -0.1) is 20.4 Å². The van der Waals surface area contributed by atoms with E-state index in [1.165, 1.54) is 0 Å². The summed E-state index contributed by atoms with van der Waals surface area (Å²) in [7, 11) is 2.19. The molecule has 168 valence electrons. The largest absolute Gasteiger partial charge is 0.309 e. The van der Waals surface area contributed by atoms with Gasteiger partial charge in [0.15, 0.2) is 5.82 Å². The molecule has 8 nitrogen and oxygen atoms in total. The molecule has 2 fully saturated rings. The van der Waals surface area contributed by atoms with Crippen molar-refractivity contribution in [2.24, 2.45) is 5.92 Å². The van der Waals surface area contributed by atoms with Crippen LogP contribution in [0.1, 0.15) is 30.7 Å². The number of fused-ring (bicyclic) bond motifs is 1. The number of anilines is 1. The third kappa shape index (κ3) is 4.65. The van der Waals surface area contributed by atoms with Crippen LogP contribution in [-0.4, -0.2) is 75.4 Å². The summed E-state index contributed by atoms with van der Waals surface area (Å²) in [5.41, 5.74) is 1.79. The van der Waals surface area contributed by atoms with Crippen LogP contribution in [0.5, 0.6) is 0 Å². The Kier molecular flexibility index (Phi) is 6.12. The zero-order valence-corrected chi connectivity index (χ0v) is 19.4. The van der Waals surface area contributed by atoms with Crippen molar-refractivity contribution in [2.45, 2.75) is 38.6 Å². The highest BCUT2D eigenvalue weighted by atomic mass is 32.1. The van der Waals surface area contributed by atoms with Crippen LogP contribution in [0.2, 0.25) is 0 Å². The number of likely N-dealkylation sites (N-methyl/N-ethyl adjacent to an activating group) is 1. The van der Waals surface area contributed by atoms with E-state index in [-0.39, 0.29) is 11.8 Å². The lowest BCUT2D eigenvalue weighted by atomic mass is 9.84. The molecule has 0 radical (unpaired) electrons. The molecule has 0 atom stereocenters. The van der Waals surface area contributed by atoms with E-state index in [4.69, 9.17) is 0 Å². The van der Waals surface area contributed by atoms with Gasteiger partial charge in [0, 0.05) is 49.1 Å². The number of nitrogens with one attached hydrogen (secondary N) is 1. The van der Waals surface area contributed by atoms with Crippen LogP contribution in [0.4, 0.5) is 5.82 Å². The monoisotopic (exact) mass is 451 g/mol. The molecule has 3 heterocycles. The maximum atomic E-state index is 12.9. The molecule has 9 heteroatoms. The molecule has 0 bridgehead atoms. The van der Waals surface area contributed by atoms with Gasteiger partial charge < -0.3 is 10.2 Å². The number of piperazine rings is 1. The first-order valence-corrected chi connectivity index (χ1v) is 12.2. The third-order valence-corrected chi connectivity index (χ3v) is 7.62. The molecule has 5 rings (SSSR count). The lowest BCUT2D eigenvalue weighted by Gasteiger charge is -2.40. The number of aryl methyl sites for hydroxylation is 1. The molecule has 1 aliphatic carbocycles. The molecule has 1 saturated heterocycles. The molecule has 1 N–H and O–H groups in total. The van der Waals surface area contributed by atoms with Crippen molar-refractivity contribution < 1.29 is 4.79 Å². The molecular formula is C23H29N7OS. The van der Waals surface area contributed by atoms with E-state index >= 15 is 0 Å². The fourth-order valence-corrected chi connectivity index (χ4v) is 5.46. The normalized spacial score (nSPS) is 22.8. The highest BCUT2D eigenvalue weighted by Crippen LogP contribution is 2.30. The molecule has 2 aliphatic rings. The maximum Gasteiger partial charge on any atom is 0.228 e. The summed E-state index contributed by atoms with van der Waals surface area (Å²) in [6.07, 6.45) is 4.06. The Hall–Kier alpha value is -2.49. The number of carbonyl (C=O) groups excluding carboxylic acids is 1. The van der Waals surface area contributed by atoms with Gasteiger partial charge in [0.25, 0.3) is 0 Å². The van der Waals surface area contributed by atoms with Gasteiger partial charge in [-0.25, -0.2) is 0 Å². The van der Waals surface area contributed by atoms with Crippen molar-refractivity contribution in [3.63, 3.8) is 0 Å². The standard InChI is InChI=1S/C23H29N7OS/c1-15-25-28-23(32-15)17-5-8-20-18(13-17)14-21(27-26-20)24-22(31)16-3-6-19(7-4-16)30-11-9-29(2)10-12-30/h5,8,13-14,16,19H,3-4,6-7,9-12H2,1-2H3,(H,24,27,31)/t16-,19-. The Morgan fingerprint density at radius 2 is 1.78 bits per heavy atom. The van der Waals surface area contributed by atoms with Gasteiger partial charge in [0.2, 0.25) is 5.91 Å². The van der Waals surface area contributed by atoms with E-state index < -0.39 is 0 Å². The van der Waals surface area contributed by atoms with Gasteiger partial charge in [-0.1, -0.05) is 11.3 Å². The molecule has 0 spiro atoms. The molecule has 32 heavy (non-hydrogen) atoms. The first-order chi connectivity index (χ1) is 15.5. The van der Waals surface area contributed by atoms with Crippen LogP contribution < -0.4 is 5.32 Å². The van der Waals surface area contributed by atoms with Gasteiger partial charge in [-0.05, 0) is 63.9 Å². The van der Waals surface area contributed by atoms with Gasteiger partial charge in [0.1, 0.15) is 10.0 Å². The minimum Gasteiger partial charge on any atom is -0.309 e. The summed E-state index contributed by atoms with van der Waals surface area (Å²) in [4.78, 5) is 17.9. The topological polar surface area (TPSA) is 87.1 Å². The van der Waals surface area contributed by atoms with E-state index in [1.54, 1.807) is 11.3 Å². The fraction of sp³-hybridized carbons (Fsp3) is 0.522. The van der Waals surface area contributed by atoms with Gasteiger partial charge in [-0.3, -0.25) is 9.69 Å². The van der Waals surface area contributed by atoms with E-state index in [2.05, 4.69) is 42.6 Å². The van der Waals surface area contributed by atoms with E-state index in [0.29, 0.717) is 11.9 Å². The Bertz CT molecular complexity index is 1100. The summed E-state index contributed by atoms with van der Waals surface area (Å²) in [6.45, 7) is 6.51. The number of nitrogens with zero attached hydrogens (tertiary/aromatic N) is 6. The van der Waals surface area contributed by atoms with E-state index in [0.717, 1.165) is 78.3 Å². The van der Waals surface area contributed by atoms with Crippen molar-refractivity contribution in [2.75, 3.05) is 38.5 Å². The number of benzene rings is 1. The Morgan fingerprint density at radius 3 is 2.50 bits per heavy atom. The number of hydrogen-bond acceptors (Lipinski definition) is 8. The predicted octanol–water partition coefficient (Wildman–Crippen LogP) is 3.20. The second-order valence-corrected chi connectivity index (χ2v) is 10.1. The van der Waals surface area contributed by atoms with Gasteiger partial charge in [-0.2, -0.15) is 0 Å². The Morgan fingerprint density at radius 1 is 1.00 bits per heavy atom. The number of amides is 1. The Balaban J connectivity index is 1.22. The van der Waals surface area contributed by atoms with Crippen LogP contribution >= 0.6 is 11.3 Å². The SMILES string of the molecule is Cc1nnc(-c2ccc3nnc(NC(=O)[C@H]4CC[C@H](N5CCN(C)CC5)CC4)cc3c2)s1. The lowest BCUT2D eigenvalue weighted by molar-refractivity contribution is -0.121. The van der Waals surface area contributed by atoms with Crippen molar-refractivity contribution in [3.8, 4) is 10.6 Å². The fourth-order valence-electron chi connectivity index (χ4n) is 4.77. The van der Waals surface area contributed by atoms with Crippen molar-refractivity contribution in [1.82, 2.24) is 30.2 Å². The molecule has 1 aliphatic heterocycles. The van der Waals surface area contributed by atoms with Crippen molar-refractivity contribution in [3.05, 3.63) is 29.3 Å². The Labute approximate surface area is 192 Å². The number of hydrogen-bond donors (Lipinski definition) is 1. The zero-order chi connectivity index (χ0) is 22.1. The van der Waals surface area contributed by atoms with Crippen LogP contribution in [0.3, 0.4) is 0 Å². The molecule has 3 aromatic rings. The first kappa shape index (κ1) is 21.4. The average molecular weight is 452 g/mol. The van der Waals surface area contributed by atoms with Gasteiger partial charge in [0.05, 0.1) is 5.52 Å². The summed E-state index contributed by atoms with van der Waals surface area (Å²) in [5.74, 6) is 0.618. The second-order valence-electron chi connectivity index (χ2n) is 8.96. The third-order valence-electron chi connectivity index (χ3n) is 6.73. The summed E-state index contributed by atoms with van der Waals surface area (Å²) in [5, 5.41) is 22.6. The molecule has 2 aromatic heterocycles. The molecule has 1 saturated carbocycles. The summed E-state index contributed by atoms with van der Waals surface area (Å²) in [6, 6.07) is 8.46. The van der Waals surface area contributed by atoms with Gasteiger partial charge >= 0.3 is 0 Å². The van der Waals surface area contributed by atoms with E-state index in [9.17, 15) is 4.79 Å². The summed E-state index contributed by atoms with van der Waals surface area (Å²) < 4.78 is 0. The zero-order valence-electron chi connectivity index (χ0n) is 18.6. The minimum absolute atomic E-state index is 0.0481. The molecule has 1 aromatic carbocycles. The van der Waals surface area contributed by atoms with Crippen LogP contribution in [0.25, 0.3) is 21.5 Å². The number of carbonyl (C=O) groups is 1. The van der Waals surface area contributed by atoms with Crippen LogP contribution in [0.15, 0.2) is 24.3 Å². The minimum atomic E-state index is 0.0481. The van der Waals surface area contributed by atoms with Crippen molar-refractivity contribution in [1.29, 1.82) is 0 Å². The highest BCUT2D eigenvalue weighted by Gasteiger charge is 2.30. The first-order valence-electron chi connectivity index (χ1n) is 11.4.